The van der Waals surface area contributed by atoms with Gasteiger partial charge in [-0.2, -0.15) is 0 Å². The van der Waals surface area contributed by atoms with Crippen LogP contribution < -0.4 is 5.32 Å². The Labute approximate surface area is 114 Å². The Morgan fingerprint density at radius 1 is 1.05 bits per heavy atom. The Kier molecular flexibility index (Phi) is 3.59. The molecule has 2 heteroatoms. The fourth-order valence-electron chi connectivity index (χ4n) is 2.63. The lowest BCUT2D eigenvalue weighted by Gasteiger charge is -2.26. The number of nitrogens with one attached hydrogen (secondary N) is 1. The van der Waals surface area contributed by atoms with Crippen molar-refractivity contribution >= 4 is 11.3 Å². The molecule has 0 saturated heterocycles. The first kappa shape index (κ1) is 12.0. The Bertz CT molecular complexity index is 546. The number of hydrogen-bond acceptors (Lipinski definition) is 2. The van der Waals surface area contributed by atoms with Crippen molar-refractivity contribution in [3.8, 4) is 0 Å². The zero-order valence-electron chi connectivity index (χ0n) is 10.9. The van der Waals surface area contributed by atoms with Crippen LogP contribution in [-0.2, 0) is 0 Å². The van der Waals surface area contributed by atoms with Gasteiger partial charge in [-0.05, 0) is 42.5 Å². The number of benzene rings is 1. The van der Waals surface area contributed by atoms with E-state index in [4.69, 9.17) is 0 Å². The Balaban J connectivity index is 1.84. The molecule has 1 aromatic carbocycles. The zero-order valence-corrected chi connectivity index (χ0v) is 10.9. The Morgan fingerprint density at radius 3 is 2.74 bits per heavy atom. The molecule has 3 rings (SSSR count). The highest BCUT2D eigenvalue weighted by atomic mass is 14.9. The number of aromatic nitrogens is 1. The van der Waals surface area contributed by atoms with Crippen molar-refractivity contribution in [3.63, 3.8) is 0 Å². The third-order valence-corrected chi connectivity index (χ3v) is 3.55. The van der Waals surface area contributed by atoms with E-state index in [9.17, 15) is 0 Å². The second-order valence-electron chi connectivity index (χ2n) is 4.90. The van der Waals surface area contributed by atoms with Crippen molar-refractivity contribution in [2.24, 2.45) is 0 Å². The summed E-state index contributed by atoms with van der Waals surface area (Å²) in [5.41, 5.74) is 3.83. The minimum Gasteiger partial charge on any atom is -0.377 e. The van der Waals surface area contributed by atoms with Gasteiger partial charge in [-0.1, -0.05) is 36.4 Å². The first-order chi connectivity index (χ1) is 9.43. The van der Waals surface area contributed by atoms with Crippen LogP contribution in [-0.4, -0.2) is 11.0 Å². The van der Waals surface area contributed by atoms with E-state index < -0.39 is 0 Å². The van der Waals surface area contributed by atoms with E-state index in [1.54, 1.807) is 6.20 Å². The first-order valence-corrected chi connectivity index (χ1v) is 6.85. The SMILES string of the molecule is C1=C(c2ccccc2)C(Nc2cccnc2)CCC1. The van der Waals surface area contributed by atoms with Crippen molar-refractivity contribution in [3.05, 3.63) is 66.5 Å². The Hall–Kier alpha value is -2.09. The first-order valence-electron chi connectivity index (χ1n) is 6.85. The third-order valence-electron chi connectivity index (χ3n) is 3.55. The molecule has 1 unspecified atom stereocenters. The fourth-order valence-corrected chi connectivity index (χ4v) is 2.63. The fraction of sp³-hybridized carbons (Fsp3) is 0.235. The molecular formula is C17H18N2. The van der Waals surface area contributed by atoms with E-state index in [0.717, 1.165) is 5.69 Å². The molecule has 1 atom stereocenters. The van der Waals surface area contributed by atoms with Crippen LogP contribution in [0.4, 0.5) is 5.69 Å². The summed E-state index contributed by atoms with van der Waals surface area (Å²) in [5, 5.41) is 3.60. The maximum Gasteiger partial charge on any atom is 0.0531 e. The quantitative estimate of drug-likeness (QED) is 0.886. The molecule has 1 heterocycles. The molecule has 1 aromatic heterocycles. The lowest BCUT2D eigenvalue weighted by atomic mass is 9.89. The normalized spacial score (nSPS) is 18.7. The van der Waals surface area contributed by atoms with Gasteiger partial charge in [-0.15, -0.1) is 0 Å². The van der Waals surface area contributed by atoms with E-state index in [1.165, 1.54) is 30.4 Å². The molecule has 0 saturated carbocycles. The lowest BCUT2D eigenvalue weighted by molar-refractivity contribution is 0.687. The monoisotopic (exact) mass is 250 g/mol. The average molecular weight is 250 g/mol. The highest BCUT2D eigenvalue weighted by Crippen LogP contribution is 2.29. The second-order valence-corrected chi connectivity index (χ2v) is 4.90. The van der Waals surface area contributed by atoms with Gasteiger partial charge in [0.15, 0.2) is 0 Å². The number of pyridine rings is 1. The molecule has 0 amide bonds. The van der Waals surface area contributed by atoms with Gasteiger partial charge in [0.1, 0.15) is 0 Å². The van der Waals surface area contributed by atoms with Gasteiger partial charge < -0.3 is 5.32 Å². The predicted molar refractivity (Wildman–Crippen MR) is 79.9 cm³/mol. The van der Waals surface area contributed by atoms with E-state index in [-0.39, 0.29) is 0 Å². The van der Waals surface area contributed by atoms with E-state index in [0.29, 0.717) is 6.04 Å². The van der Waals surface area contributed by atoms with E-state index in [1.807, 2.05) is 12.3 Å². The Morgan fingerprint density at radius 2 is 1.95 bits per heavy atom. The van der Waals surface area contributed by atoms with Gasteiger partial charge in [0.2, 0.25) is 0 Å². The number of allylic oxidation sites excluding steroid dienone is 1. The van der Waals surface area contributed by atoms with Crippen LogP contribution in [0.3, 0.4) is 0 Å². The van der Waals surface area contributed by atoms with Gasteiger partial charge in [0, 0.05) is 12.4 Å². The number of anilines is 1. The maximum absolute atomic E-state index is 4.17. The topological polar surface area (TPSA) is 24.9 Å². The summed E-state index contributed by atoms with van der Waals surface area (Å²) in [7, 11) is 0. The lowest BCUT2D eigenvalue weighted by Crippen LogP contribution is -2.23. The van der Waals surface area contributed by atoms with Crippen LogP contribution in [0.25, 0.3) is 5.57 Å². The largest absolute Gasteiger partial charge is 0.377 e. The van der Waals surface area contributed by atoms with E-state index in [2.05, 4.69) is 52.8 Å². The molecule has 96 valence electrons. The zero-order chi connectivity index (χ0) is 12.9. The summed E-state index contributed by atoms with van der Waals surface area (Å²) < 4.78 is 0. The van der Waals surface area contributed by atoms with Crippen molar-refractivity contribution in [2.75, 3.05) is 5.32 Å². The molecule has 19 heavy (non-hydrogen) atoms. The summed E-state index contributed by atoms with van der Waals surface area (Å²) in [6.07, 6.45) is 9.66. The van der Waals surface area contributed by atoms with Gasteiger partial charge in [-0.3, -0.25) is 4.98 Å². The predicted octanol–water partition coefficient (Wildman–Crippen LogP) is 4.13. The molecular weight excluding hydrogens is 232 g/mol. The molecule has 1 N–H and O–H groups in total. The number of nitrogens with zero attached hydrogens (tertiary/aromatic N) is 1. The average Bonchev–Trinajstić information content (AvgIpc) is 2.50. The van der Waals surface area contributed by atoms with Gasteiger partial charge in [-0.25, -0.2) is 0 Å². The summed E-state index contributed by atoms with van der Waals surface area (Å²) in [5.74, 6) is 0. The van der Waals surface area contributed by atoms with Crippen molar-refractivity contribution in [1.29, 1.82) is 0 Å². The summed E-state index contributed by atoms with van der Waals surface area (Å²) in [4.78, 5) is 4.17. The van der Waals surface area contributed by atoms with E-state index >= 15 is 0 Å². The molecule has 2 aromatic rings. The highest BCUT2D eigenvalue weighted by Gasteiger charge is 2.18. The van der Waals surface area contributed by atoms with Crippen molar-refractivity contribution in [1.82, 2.24) is 4.98 Å². The summed E-state index contributed by atoms with van der Waals surface area (Å²) in [6, 6.07) is 15.1. The molecule has 1 aliphatic rings. The highest BCUT2D eigenvalue weighted by molar-refractivity contribution is 5.73. The minimum atomic E-state index is 0.389. The van der Waals surface area contributed by atoms with Gasteiger partial charge in [0.25, 0.3) is 0 Å². The molecule has 0 fully saturated rings. The summed E-state index contributed by atoms with van der Waals surface area (Å²) in [6.45, 7) is 0. The number of hydrogen-bond donors (Lipinski definition) is 1. The maximum atomic E-state index is 4.17. The van der Waals surface area contributed by atoms with Gasteiger partial charge in [0.05, 0.1) is 11.7 Å². The van der Waals surface area contributed by atoms with Crippen molar-refractivity contribution in [2.45, 2.75) is 25.3 Å². The number of rotatable bonds is 3. The van der Waals surface area contributed by atoms with Crippen LogP contribution in [0.15, 0.2) is 60.9 Å². The third kappa shape index (κ3) is 2.84. The standard InChI is InChI=1S/C17H18N2/c1-2-7-14(8-3-1)16-10-4-5-11-17(16)19-15-9-6-12-18-13-15/h1-3,6-10,12-13,17,19H,4-5,11H2. The van der Waals surface area contributed by atoms with Crippen LogP contribution in [0, 0.1) is 0 Å². The molecule has 0 bridgehead atoms. The molecule has 0 spiro atoms. The van der Waals surface area contributed by atoms with Crippen molar-refractivity contribution < 1.29 is 0 Å². The molecule has 1 aliphatic carbocycles. The smallest absolute Gasteiger partial charge is 0.0531 e. The molecule has 2 nitrogen and oxygen atoms in total. The molecule has 0 radical (unpaired) electrons. The van der Waals surface area contributed by atoms with Crippen LogP contribution in [0.5, 0.6) is 0 Å². The second kappa shape index (κ2) is 5.70. The van der Waals surface area contributed by atoms with Crippen LogP contribution in [0.1, 0.15) is 24.8 Å². The minimum absolute atomic E-state index is 0.389. The van der Waals surface area contributed by atoms with Crippen LogP contribution in [0.2, 0.25) is 0 Å². The van der Waals surface area contributed by atoms with Crippen LogP contribution >= 0.6 is 0 Å². The molecule has 0 aliphatic heterocycles. The summed E-state index contributed by atoms with van der Waals surface area (Å²) >= 11 is 0. The van der Waals surface area contributed by atoms with Gasteiger partial charge >= 0.3 is 0 Å².